The lowest BCUT2D eigenvalue weighted by Crippen LogP contribution is -2.33. The minimum absolute atomic E-state index is 0.252. The second-order valence-corrected chi connectivity index (χ2v) is 6.41. The zero-order valence-electron chi connectivity index (χ0n) is 10.7. The average molecular weight is 251 g/mol. The zero-order chi connectivity index (χ0) is 12.4. The van der Waals surface area contributed by atoms with Crippen LogP contribution in [0.3, 0.4) is 0 Å². The van der Waals surface area contributed by atoms with Crippen molar-refractivity contribution in [1.82, 2.24) is 5.32 Å². The Balaban J connectivity index is 3.69. The van der Waals surface area contributed by atoms with Gasteiger partial charge < -0.3 is 10.1 Å². The first-order chi connectivity index (χ1) is 7.55. The number of hydrogen-bond donors (Lipinski definition) is 1. The smallest absolute Gasteiger partial charge is 0.150 e. The fraction of sp³-hybridized carbons (Fsp3) is 1.00. The molecule has 0 aliphatic carbocycles. The van der Waals surface area contributed by atoms with Crippen molar-refractivity contribution in [1.29, 1.82) is 0 Å². The van der Waals surface area contributed by atoms with E-state index in [0.29, 0.717) is 18.4 Å². The van der Waals surface area contributed by atoms with Gasteiger partial charge in [0.1, 0.15) is 9.84 Å². The van der Waals surface area contributed by atoms with E-state index in [-0.39, 0.29) is 5.75 Å². The van der Waals surface area contributed by atoms with Crippen LogP contribution in [0.1, 0.15) is 33.1 Å². The van der Waals surface area contributed by atoms with Gasteiger partial charge in [-0.05, 0) is 19.4 Å². The highest BCUT2D eigenvalue weighted by molar-refractivity contribution is 7.91. The van der Waals surface area contributed by atoms with Crippen molar-refractivity contribution in [2.45, 2.75) is 39.2 Å². The highest BCUT2D eigenvalue weighted by Crippen LogP contribution is 2.04. The van der Waals surface area contributed by atoms with Gasteiger partial charge in [0.2, 0.25) is 0 Å². The van der Waals surface area contributed by atoms with Gasteiger partial charge in [-0.3, -0.25) is 0 Å². The lowest BCUT2D eigenvalue weighted by Gasteiger charge is -2.16. The van der Waals surface area contributed by atoms with Crippen molar-refractivity contribution in [2.75, 3.05) is 31.8 Å². The van der Waals surface area contributed by atoms with Gasteiger partial charge in [-0.25, -0.2) is 8.42 Å². The second kappa shape index (κ2) is 8.96. The van der Waals surface area contributed by atoms with Crippen LogP contribution in [0.2, 0.25) is 0 Å². The number of likely N-dealkylation sites (N-methyl/N-ethyl adjacent to an activating group) is 1. The first kappa shape index (κ1) is 15.9. The number of rotatable bonds is 10. The van der Waals surface area contributed by atoms with Gasteiger partial charge in [0.15, 0.2) is 0 Å². The molecule has 0 amide bonds. The molecule has 1 N–H and O–H groups in total. The van der Waals surface area contributed by atoms with Gasteiger partial charge in [-0.15, -0.1) is 0 Å². The van der Waals surface area contributed by atoms with Crippen LogP contribution < -0.4 is 5.32 Å². The Hall–Kier alpha value is -0.130. The van der Waals surface area contributed by atoms with Crippen molar-refractivity contribution in [2.24, 2.45) is 0 Å². The van der Waals surface area contributed by atoms with Crippen molar-refractivity contribution >= 4 is 9.84 Å². The van der Waals surface area contributed by atoms with Gasteiger partial charge >= 0.3 is 0 Å². The molecular weight excluding hydrogens is 226 g/mol. The highest BCUT2D eigenvalue weighted by Gasteiger charge is 2.09. The summed E-state index contributed by atoms with van der Waals surface area (Å²) in [7, 11) is -1.11. The van der Waals surface area contributed by atoms with E-state index in [2.05, 4.69) is 12.2 Å². The lowest BCUT2D eigenvalue weighted by atomic mass is 10.1. The molecule has 16 heavy (non-hydrogen) atoms. The molecule has 0 aliphatic heterocycles. The van der Waals surface area contributed by atoms with Crippen LogP contribution in [0.25, 0.3) is 0 Å². The predicted molar refractivity (Wildman–Crippen MR) is 67.5 cm³/mol. The largest absolute Gasteiger partial charge is 0.383 e. The predicted octanol–water partition coefficient (Wildman–Crippen LogP) is 1.22. The number of methoxy groups -OCH3 is 1. The Labute approximate surface area is 99.7 Å². The molecule has 0 rings (SSSR count). The number of unbranched alkanes of at least 4 members (excludes halogenated alkanes) is 1. The van der Waals surface area contributed by atoms with Gasteiger partial charge in [0.25, 0.3) is 0 Å². The third-order valence-corrected chi connectivity index (χ3v) is 4.35. The topological polar surface area (TPSA) is 55.4 Å². The average Bonchev–Trinajstić information content (AvgIpc) is 2.25. The third-order valence-electron chi connectivity index (χ3n) is 2.56. The van der Waals surface area contributed by atoms with Gasteiger partial charge in [0, 0.05) is 18.9 Å². The summed E-state index contributed by atoms with van der Waals surface area (Å²) in [5.41, 5.74) is 0. The van der Waals surface area contributed by atoms with E-state index >= 15 is 0 Å². The van der Waals surface area contributed by atoms with Crippen LogP contribution in [0, 0.1) is 0 Å². The first-order valence-corrected chi connectivity index (χ1v) is 7.80. The molecule has 0 aromatic carbocycles. The molecule has 0 bridgehead atoms. The number of hydrogen-bond acceptors (Lipinski definition) is 4. The van der Waals surface area contributed by atoms with Crippen LogP contribution >= 0.6 is 0 Å². The van der Waals surface area contributed by atoms with E-state index in [1.54, 1.807) is 14.0 Å². The van der Waals surface area contributed by atoms with Gasteiger partial charge in [-0.2, -0.15) is 0 Å². The monoisotopic (exact) mass is 251 g/mol. The highest BCUT2D eigenvalue weighted by atomic mass is 32.2. The van der Waals surface area contributed by atoms with Crippen LogP contribution in [-0.2, 0) is 14.6 Å². The maximum absolute atomic E-state index is 11.3. The van der Waals surface area contributed by atoms with Gasteiger partial charge in [0.05, 0.1) is 12.4 Å². The molecule has 0 aromatic rings. The van der Waals surface area contributed by atoms with E-state index in [1.165, 1.54) is 0 Å². The SMILES string of the molecule is CCNC(CCCCS(=O)(=O)CC)COC. The summed E-state index contributed by atoms with van der Waals surface area (Å²) >= 11 is 0. The Bertz CT molecular complexity index is 246. The second-order valence-electron chi connectivity index (χ2n) is 3.94. The Kier molecular flexibility index (Phi) is 8.89. The third kappa shape index (κ3) is 8.07. The van der Waals surface area contributed by atoms with Crippen molar-refractivity contribution in [3.8, 4) is 0 Å². The molecule has 98 valence electrons. The van der Waals surface area contributed by atoms with Crippen molar-refractivity contribution in [3.05, 3.63) is 0 Å². The standard InChI is InChI=1S/C11H25NO3S/c1-4-12-11(10-15-3)8-6-7-9-16(13,14)5-2/h11-12H,4-10H2,1-3H3. The Morgan fingerprint density at radius 3 is 2.44 bits per heavy atom. The lowest BCUT2D eigenvalue weighted by molar-refractivity contribution is 0.162. The van der Waals surface area contributed by atoms with E-state index in [4.69, 9.17) is 4.74 Å². The molecule has 0 heterocycles. The van der Waals surface area contributed by atoms with E-state index in [1.807, 2.05) is 0 Å². The fourth-order valence-electron chi connectivity index (χ4n) is 1.59. The Morgan fingerprint density at radius 2 is 1.94 bits per heavy atom. The maximum atomic E-state index is 11.3. The minimum atomic E-state index is -2.79. The molecule has 0 aromatic heterocycles. The quantitative estimate of drug-likeness (QED) is 0.593. The summed E-state index contributed by atoms with van der Waals surface area (Å²) in [5.74, 6) is 0.567. The van der Waals surface area contributed by atoms with Crippen molar-refractivity contribution in [3.63, 3.8) is 0 Å². The fourth-order valence-corrected chi connectivity index (χ4v) is 2.52. The molecule has 0 saturated carbocycles. The van der Waals surface area contributed by atoms with E-state index in [9.17, 15) is 8.42 Å². The molecule has 5 heteroatoms. The minimum Gasteiger partial charge on any atom is -0.383 e. The van der Waals surface area contributed by atoms with Crippen LogP contribution in [0.15, 0.2) is 0 Å². The summed E-state index contributed by atoms with van der Waals surface area (Å²) in [4.78, 5) is 0. The summed E-state index contributed by atoms with van der Waals surface area (Å²) in [6.07, 6.45) is 2.66. The summed E-state index contributed by atoms with van der Waals surface area (Å²) < 4.78 is 27.6. The molecule has 1 atom stereocenters. The summed E-state index contributed by atoms with van der Waals surface area (Å²) in [5, 5.41) is 3.32. The molecule has 0 saturated heterocycles. The van der Waals surface area contributed by atoms with E-state index in [0.717, 1.165) is 25.8 Å². The zero-order valence-corrected chi connectivity index (χ0v) is 11.5. The Morgan fingerprint density at radius 1 is 1.25 bits per heavy atom. The molecule has 0 fully saturated rings. The maximum Gasteiger partial charge on any atom is 0.150 e. The summed E-state index contributed by atoms with van der Waals surface area (Å²) in [6.45, 7) is 5.36. The van der Waals surface area contributed by atoms with Crippen LogP contribution in [-0.4, -0.2) is 46.2 Å². The normalized spacial score (nSPS) is 13.9. The molecule has 0 spiro atoms. The van der Waals surface area contributed by atoms with Crippen LogP contribution in [0.5, 0.6) is 0 Å². The van der Waals surface area contributed by atoms with Gasteiger partial charge in [-0.1, -0.05) is 20.3 Å². The molecule has 0 aliphatic rings. The number of nitrogens with one attached hydrogen (secondary N) is 1. The molecule has 1 unspecified atom stereocenters. The molecular formula is C11H25NO3S. The summed E-state index contributed by atoms with van der Waals surface area (Å²) in [6, 6.07) is 0.347. The number of sulfone groups is 1. The molecule has 0 radical (unpaired) electrons. The van der Waals surface area contributed by atoms with Crippen LogP contribution in [0.4, 0.5) is 0 Å². The van der Waals surface area contributed by atoms with Crippen molar-refractivity contribution < 1.29 is 13.2 Å². The number of ether oxygens (including phenoxy) is 1. The first-order valence-electron chi connectivity index (χ1n) is 5.98. The van der Waals surface area contributed by atoms with E-state index < -0.39 is 9.84 Å². The molecule has 4 nitrogen and oxygen atoms in total.